The molecule has 0 spiro atoms. The molecule has 0 saturated heterocycles. The Hall–Kier alpha value is -6.52. The molecule has 48 heavy (non-hydrogen) atoms. The van der Waals surface area contributed by atoms with E-state index in [2.05, 4.69) is 0 Å². The van der Waals surface area contributed by atoms with Crippen LogP contribution in [0.4, 0.5) is 0 Å². The van der Waals surface area contributed by atoms with Crippen molar-refractivity contribution in [2.45, 2.75) is 0 Å². The average molecular weight is 627 g/mol. The Labute approximate surface area is 296 Å². The van der Waals surface area contributed by atoms with E-state index in [0.717, 1.165) is 0 Å². The summed E-state index contributed by atoms with van der Waals surface area (Å²) in [5, 5.41) is 0.0172. The molecule has 10 rings (SSSR count). The summed E-state index contributed by atoms with van der Waals surface area (Å²) < 4.78 is 131. The Morgan fingerprint density at radius 1 is 0.417 bits per heavy atom. The van der Waals surface area contributed by atoms with Crippen LogP contribution in [0.1, 0.15) is 19.2 Å². The first-order valence-electron chi connectivity index (χ1n) is 22.1. The zero-order valence-corrected chi connectivity index (χ0v) is 24.9. The van der Waals surface area contributed by atoms with Gasteiger partial charge in [0.05, 0.1) is 52.5 Å². The molecule has 0 fully saturated rings. The summed E-state index contributed by atoms with van der Waals surface area (Å²) in [6.07, 6.45) is 0. The third kappa shape index (κ3) is 4.03. The van der Waals surface area contributed by atoms with Crippen LogP contribution in [-0.4, -0.2) is 19.1 Å². The Morgan fingerprint density at radius 2 is 0.958 bits per heavy atom. The van der Waals surface area contributed by atoms with Gasteiger partial charge in [-0.05, 0) is 65.6 Å². The second kappa shape index (κ2) is 10.5. The molecule has 0 unspecified atom stereocenters. The molecule has 3 heterocycles. The molecule has 0 bridgehead atoms. The molecule has 0 aliphatic heterocycles. The molecule has 7 aromatic carbocycles. The second-order valence-electron chi connectivity index (χ2n) is 11.2. The van der Waals surface area contributed by atoms with Crippen molar-refractivity contribution in [2.24, 2.45) is 0 Å². The lowest BCUT2D eigenvalue weighted by atomic mass is 10.0. The number of fused-ring (bicyclic) bond motifs is 7. The first kappa shape index (κ1) is 16.3. The summed E-state index contributed by atoms with van der Waals surface area (Å²) in [7, 11) is 0. The first-order valence-corrected chi connectivity index (χ1v) is 15.1. The lowest BCUT2D eigenvalue weighted by Gasteiger charge is -2.12. The number of aromatic nitrogens is 4. The minimum absolute atomic E-state index is 0.0473. The summed E-state index contributed by atoms with van der Waals surface area (Å²) in [5.74, 6) is -0.104. The van der Waals surface area contributed by atoms with Crippen LogP contribution in [0.15, 0.2) is 170 Å². The Bertz CT molecular complexity index is 3620. The average Bonchev–Trinajstić information content (AvgIpc) is 3.84. The van der Waals surface area contributed by atoms with Crippen LogP contribution in [0.2, 0.25) is 0 Å². The Balaban J connectivity index is 1.39. The summed E-state index contributed by atoms with van der Waals surface area (Å²) in [5.41, 5.74) is 0.657. The van der Waals surface area contributed by atoms with Crippen LogP contribution < -0.4 is 0 Å². The largest absolute Gasteiger partial charge is 0.309 e. The van der Waals surface area contributed by atoms with E-state index in [0.29, 0.717) is 27.8 Å². The second-order valence-corrected chi connectivity index (χ2v) is 11.2. The lowest BCUT2D eigenvalue weighted by molar-refractivity contribution is 1.01. The summed E-state index contributed by atoms with van der Waals surface area (Å²) in [6.45, 7) is 0. The zero-order valence-electron chi connectivity index (χ0n) is 38.9. The highest BCUT2D eigenvalue weighted by atomic mass is 15.2. The number of benzene rings is 7. The fourth-order valence-electron chi connectivity index (χ4n) is 6.29. The number of rotatable bonds is 4. The van der Waals surface area contributed by atoms with Crippen LogP contribution >= 0.6 is 0 Å². The van der Waals surface area contributed by atoms with Crippen LogP contribution in [0.25, 0.3) is 88.5 Å². The summed E-state index contributed by atoms with van der Waals surface area (Å²) in [4.78, 5) is 9.73. The van der Waals surface area contributed by atoms with Crippen molar-refractivity contribution in [3.05, 3.63) is 170 Å². The van der Waals surface area contributed by atoms with Crippen LogP contribution in [-0.2, 0) is 0 Å². The predicted octanol–water partition coefficient (Wildman–Crippen LogP) is 11.2. The molecule has 224 valence electrons. The van der Waals surface area contributed by atoms with Crippen molar-refractivity contribution in [3.8, 4) is 34.0 Å². The molecule has 4 heteroatoms. The van der Waals surface area contributed by atoms with E-state index in [1.165, 1.54) is 9.13 Å². The number of nitrogens with zero attached hydrogens (tertiary/aromatic N) is 4. The maximum Gasteiger partial charge on any atom is 0.235 e. The van der Waals surface area contributed by atoms with Crippen LogP contribution in [0.5, 0.6) is 0 Å². The molecule has 4 nitrogen and oxygen atoms in total. The Morgan fingerprint density at radius 3 is 1.65 bits per heavy atom. The van der Waals surface area contributed by atoms with E-state index < -0.39 is 95.7 Å². The molecule has 3 aromatic heterocycles. The van der Waals surface area contributed by atoms with Gasteiger partial charge in [-0.3, -0.25) is 4.57 Å². The van der Waals surface area contributed by atoms with Gasteiger partial charge in [0.15, 0.2) is 0 Å². The molecular weight excluding hydrogens is 585 g/mol. The molecule has 0 radical (unpaired) electrons. The van der Waals surface area contributed by atoms with E-state index >= 15 is 0 Å². The lowest BCUT2D eigenvalue weighted by Crippen LogP contribution is -2.03. The maximum atomic E-state index is 9.82. The van der Waals surface area contributed by atoms with E-state index in [4.69, 9.17) is 20.9 Å². The van der Waals surface area contributed by atoms with Crippen LogP contribution in [0.3, 0.4) is 0 Å². The van der Waals surface area contributed by atoms with Gasteiger partial charge >= 0.3 is 0 Å². The normalized spacial score (nSPS) is 15.8. The smallest absolute Gasteiger partial charge is 0.235 e. The van der Waals surface area contributed by atoms with Crippen molar-refractivity contribution >= 4 is 54.5 Å². The monoisotopic (exact) mass is 626 g/mol. The molecule has 0 amide bonds. The number of hydrogen-bond acceptors (Lipinski definition) is 2. The highest BCUT2D eigenvalue weighted by Gasteiger charge is 2.18. The Kier molecular flexibility index (Phi) is 3.58. The standard InChI is InChI=1S/C44H28N4/c1-3-13-29(14-4-1)43-35-19-7-10-20-38(35)45-44(46-43)48-40-22-12-9-18-34(40)37-28-31(24-26-42(37)48)30-23-25-41-36(27-30)33-17-8-11-21-39(33)47(41)32-15-5-2-6-16-32/h1-28H/i8D,9D,11D,12D,17D,18D,21D,22D,23D,24D,25D,26D,27D,28D. The minimum atomic E-state index is -0.666. The first-order chi connectivity index (χ1) is 29.7. The highest BCUT2D eigenvalue weighted by Crippen LogP contribution is 2.38. The molecule has 0 saturated carbocycles. The molecule has 0 atom stereocenters. The van der Waals surface area contributed by atoms with Gasteiger partial charge in [-0.25, -0.2) is 9.97 Å². The van der Waals surface area contributed by atoms with E-state index in [1.54, 1.807) is 42.5 Å². The van der Waals surface area contributed by atoms with Crippen molar-refractivity contribution in [3.63, 3.8) is 0 Å². The van der Waals surface area contributed by atoms with Crippen molar-refractivity contribution in [1.29, 1.82) is 0 Å². The van der Waals surface area contributed by atoms with Gasteiger partial charge in [0.25, 0.3) is 0 Å². The van der Waals surface area contributed by atoms with Gasteiger partial charge in [0.1, 0.15) is 0 Å². The highest BCUT2D eigenvalue weighted by molar-refractivity contribution is 6.12. The number of para-hydroxylation sites is 4. The topological polar surface area (TPSA) is 35.6 Å². The third-order valence-electron chi connectivity index (χ3n) is 8.42. The van der Waals surface area contributed by atoms with Crippen molar-refractivity contribution in [2.75, 3.05) is 0 Å². The van der Waals surface area contributed by atoms with Gasteiger partial charge in [-0.15, -0.1) is 0 Å². The quantitative estimate of drug-likeness (QED) is 0.195. The summed E-state index contributed by atoms with van der Waals surface area (Å²) in [6, 6.07) is 16.9. The van der Waals surface area contributed by atoms with Crippen LogP contribution in [0, 0.1) is 0 Å². The van der Waals surface area contributed by atoms with Gasteiger partial charge in [0.2, 0.25) is 5.95 Å². The van der Waals surface area contributed by atoms with Crippen molar-refractivity contribution < 1.29 is 19.2 Å². The molecule has 0 N–H and O–H groups in total. The van der Waals surface area contributed by atoms with Gasteiger partial charge in [-0.1, -0.05) is 115 Å². The molecule has 10 aromatic rings. The van der Waals surface area contributed by atoms with E-state index in [-0.39, 0.29) is 49.6 Å². The third-order valence-corrected chi connectivity index (χ3v) is 8.42. The summed E-state index contributed by atoms with van der Waals surface area (Å²) >= 11 is 0. The SMILES string of the molecule is [2H]c1c([2H])c([2H])c2c(c1[2H])c1c([2H])c(-c3c([2H])c([2H])c4c(c3[2H])c3c([2H])c([2H])c([2H])c([2H])c3n4-c3nc(-c4ccccc4)c4ccccc4n3)c([2H])c([2H])c1n2-c1ccccc1. The van der Waals surface area contributed by atoms with Gasteiger partial charge in [-0.2, -0.15) is 0 Å². The maximum absolute atomic E-state index is 9.82. The fourth-order valence-corrected chi connectivity index (χ4v) is 6.29. The number of hydrogen-bond donors (Lipinski definition) is 0. The van der Waals surface area contributed by atoms with Gasteiger partial charge in [0, 0.05) is 38.2 Å². The fraction of sp³-hybridized carbons (Fsp3) is 0. The molecular formula is C44H28N4. The minimum Gasteiger partial charge on any atom is -0.309 e. The molecule has 0 aliphatic rings. The molecule has 0 aliphatic carbocycles. The van der Waals surface area contributed by atoms with E-state index in [9.17, 15) is 8.22 Å². The van der Waals surface area contributed by atoms with Gasteiger partial charge < -0.3 is 4.57 Å². The predicted molar refractivity (Wildman–Crippen MR) is 199 cm³/mol. The van der Waals surface area contributed by atoms with Crippen molar-refractivity contribution in [1.82, 2.24) is 19.1 Å². The van der Waals surface area contributed by atoms with E-state index in [1.807, 2.05) is 42.5 Å². The zero-order chi connectivity index (χ0) is 43.8.